The lowest BCUT2D eigenvalue weighted by Crippen LogP contribution is -2.03. The van der Waals surface area contributed by atoms with Gasteiger partial charge >= 0.3 is 0 Å². The summed E-state index contributed by atoms with van der Waals surface area (Å²) < 4.78 is 5.33. The minimum Gasteiger partial charge on any atom is -0.359 e. The third kappa shape index (κ3) is 2.06. The number of hydrogen-bond donors (Lipinski definition) is 0. The predicted molar refractivity (Wildman–Crippen MR) is 63.7 cm³/mol. The van der Waals surface area contributed by atoms with Crippen molar-refractivity contribution in [2.24, 2.45) is 0 Å². The molecule has 1 aliphatic rings. The van der Waals surface area contributed by atoms with E-state index in [1.807, 2.05) is 18.2 Å². The number of rotatable bonds is 2. The second-order valence-electron chi connectivity index (χ2n) is 4.02. The van der Waals surface area contributed by atoms with E-state index >= 15 is 0 Å². The van der Waals surface area contributed by atoms with E-state index in [9.17, 15) is 0 Å². The molecule has 0 aliphatic carbocycles. The Kier molecular flexibility index (Phi) is 2.82. The number of pyridine rings is 1. The summed E-state index contributed by atoms with van der Waals surface area (Å²) in [6.45, 7) is 0.911. The zero-order chi connectivity index (χ0) is 11.7. The van der Waals surface area contributed by atoms with Gasteiger partial charge in [-0.05, 0) is 25.0 Å². The smallest absolute Gasteiger partial charge is 0.155 e. The molecule has 1 radical (unpaired) electrons. The fourth-order valence-corrected chi connectivity index (χ4v) is 2.22. The molecule has 0 saturated carbocycles. The molecule has 0 N–H and O–H groups in total. The van der Waals surface area contributed by atoms with Crippen LogP contribution >= 0.6 is 11.6 Å². The van der Waals surface area contributed by atoms with Gasteiger partial charge in [-0.1, -0.05) is 16.8 Å². The first-order valence-electron chi connectivity index (χ1n) is 5.59. The fraction of sp³-hybridized carbons (Fsp3) is 0.333. The van der Waals surface area contributed by atoms with E-state index in [0.29, 0.717) is 5.15 Å². The summed E-state index contributed by atoms with van der Waals surface area (Å²) in [6.07, 6.45) is 3.81. The largest absolute Gasteiger partial charge is 0.359 e. The Hall–Kier alpha value is -1.39. The van der Waals surface area contributed by atoms with Gasteiger partial charge in [-0.25, -0.2) is 10.3 Å². The normalized spacial score (nSPS) is 19.7. The van der Waals surface area contributed by atoms with E-state index in [4.69, 9.17) is 16.1 Å². The number of nitrogens with zero attached hydrogens (tertiary/aromatic N) is 3. The highest BCUT2D eigenvalue weighted by atomic mass is 35.5. The summed E-state index contributed by atoms with van der Waals surface area (Å²) in [4.78, 5) is 4.02. The highest BCUT2D eigenvalue weighted by Gasteiger charge is 2.22. The second kappa shape index (κ2) is 4.47. The van der Waals surface area contributed by atoms with Crippen molar-refractivity contribution in [2.75, 3.05) is 6.54 Å². The topological polar surface area (TPSA) is 53.0 Å². The van der Waals surface area contributed by atoms with E-state index < -0.39 is 0 Å². The summed E-state index contributed by atoms with van der Waals surface area (Å²) in [5.41, 5.74) is 1.52. The number of hydrogen-bond acceptors (Lipinski definition) is 3. The Morgan fingerprint density at radius 3 is 3.12 bits per heavy atom. The molecule has 4 nitrogen and oxygen atoms in total. The van der Waals surface area contributed by atoms with Crippen LogP contribution in [0.15, 0.2) is 28.9 Å². The monoisotopic (exact) mass is 248 g/mol. The van der Waals surface area contributed by atoms with E-state index in [1.54, 1.807) is 6.20 Å². The fourth-order valence-electron chi connectivity index (χ4n) is 2.01. The van der Waals surface area contributed by atoms with Crippen molar-refractivity contribution in [1.29, 1.82) is 0 Å². The standard InChI is InChI=1S/C12H11ClN3O/c13-12-8(3-1-6-15-12)10-7-11(17-16-10)9-4-2-5-14-9/h1,3,6-7,9H,2,4-5H2. The molecule has 1 atom stereocenters. The average Bonchev–Trinajstić information content (AvgIpc) is 3.00. The van der Waals surface area contributed by atoms with Crippen LogP contribution in [-0.4, -0.2) is 16.7 Å². The molecule has 3 heterocycles. The molecule has 1 saturated heterocycles. The molecule has 0 bridgehead atoms. The Labute approximate surface area is 104 Å². The third-order valence-electron chi connectivity index (χ3n) is 2.88. The second-order valence-corrected chi connectivity index (χ2v) is 4.38. The molecule has 2 aromatic heterocycles. The molecule has 1 unspecified atom stereocenters. The zero-order valence-corrected chi connectivity index (χ0v) is 9.89. The Morgan fingerprint density at radius 1 is 1.41 bits per heavy atom. The Balaban J connectivity index is 1.92. The lowest BCUT2D eigenvalue weighted by Gasteiger charge is -2.00. The minimum atomic E-state index is 0.159. The van der Waals surface area contributed by atoms with Gasteiger partial charge in [0.1, 0.15) is 10.8 Å². The van der Waals surface area contributed by atoms with Gasteiger partial charge in [0.25, 0.3) is 0 Å². The van der Waals surface area contributed by atoms with Gasteiger partial charge in [0.05, 0.1) is 6.04 Å². The molecule has 87 valence electrons. The molecule has 5 heteroatoms. The van der Waals surface area contributed by atoms with E-state index in [1.165, 1.54) is 0 Å². The van der Waals surface area contributed by atoms with Gasteiger partial charge < -0.3 is 4.52 Å². The van der Waals surface area contributed by atoms with E-state index in [0.717, 1.165) is 36.4 Å². The van der Waals surface area contributed by atoms with E-state index in [-0.39, 0.29) is 6.04 Å². The summed E-state index contributed by atoms with van der Waals surface area (Å²) in [7, 11) is 0. The summed E-state index contributed by atoms with van der Waals surface area (Å²) in [6, 6.07) is 5.77. The quantitative estimate of drug-likeness (QED) is 0.768. The van der Waals surface area contributed by atoms with Crippen molar-refractivity contribution in [3.63, 3.8) is 0 Å². The van der Waals surface area contributed by atoms with Crippen LogP contribution in [0, 0.1) is 0 Å². The highest BCUT2D eigenvalue weighted by Crippen LogP contribution is 2.30. The van der Waals surface area contributed by atoms with Gasteiger partial charge in [0, 0.05) is 24.4 Å². The van der Waals surface area contributed by atoms with Crippen molar-refractivity contribution in [3.05, 3.63) is 35.3 Å². The maximum absolute atomic E-state index is 6.01. The predicted octanol–water partition coefficient (Wildman–Crippen LogP) is 2.83. The molecule has 0 spiro atoms. The molecule has 2 aromatic rings. The molecule has 1 fully saturated rings. The molecular weight excluding hydrogens is 238 g/mol. The van der Waals surface area contributed by atoms with Gasteiger partial charge in [-0.15, -0.1) is 0 Å². The third-order valence-corrected chi connectivity index (χ3v) is 3.18. The van der Waals surface area contributed by atoms with Crippen LogP contribution in [-0.2, 0) is 0 Å². The summed E-state index contributed by atoms with van der Waals surface area (Å²) >= 11 is 6.01. The van der Waals surface area contributed by atoms with E-state index in [2.05, 4.69) is 15.5 Å². The van der Waals surface area contributed by atoms with Crippen LogP contribution in [0.3, 0.4) is 0 Å². The van der Waals surface area contributed by atoms with Crippen molar-refractivity contribution in [1.82, 2.24) is 15.5 Å². The molecule has 0 amide bonds. The molecule has 0 aromatic carbocycles. The number of aromatic nitrogens is 2. The SMILES string of the molecule is Clc1ncccc1-c1cc(C2CCC[N]2)on1. The van der Waals surface area contributed by atoms with Crippen molar-refractivity contribution in [3.8, 4) is 11.3 Å². The van der Waals surface area contributed by atoms with Gasteiger partial charge in [0.2, 0.25) is 0 Å². The van der Waals surface area contributed by atoms with Gasteiger partial charge in [-0.2, -0.15) is 0 Å². The van der Waals surface area contributed by atoms with Crippen molar-refractivity contribution in [2.45, 2.75) is 18.9 Å². The lowest BCUT2D eigenvalue weighted by molar-refractivity contribution is 0.351. The van der Waals surface area contributed by atoms with Crippen LogP contribution in [0.1, 0.15) is 24.6 Å². The minimum absolute atomic E-state index is 0.159. The summed E-state index contributed by atoms with van der Waals surface area (Å²) in [5, 5.41) is 8.93. The van der Waals surface area contributed by atoms with Crippen molar-refractivity contribution < 1.29 is 4.52 Å². The van der Waals surface area contributed by atoms with Crippen LogP contribution in [0.4, 0.5) is 0 Å². The maximum atomic E-state index is 6.01. The van der Waals surface area contributed by atoms with Crippen LogP contribution in [0.2, 0.25) is 5.15 Å². The Bertz CT molecular complexity index is 520. The van der Waals surface area contributed by atoms with Crippen LogP contribution < -0.4 is 5.32 Å². The first-order valence-corrected chi connectivity index (χ1v) is 5.96. The first-order chi connectivity index (χ1) is 8.34. The van der Waals surface area contributed by atoms with Gasteiger partial charge in [-0.3, -0.25) is 0 Å². The average molecular weight is 249 g/mol. The highest BCUT2D eigenvalue weighted by molar-refractivity contribution is 6.31. The van der Waals surface area contributed by atoms with Crippen molar-refractivity contribution >= 4 is 11.6 Å². The number of halogens is 1. The lowest BCUT2D eigenvalue weighted by atomic mass is 10.1. The molecule has 17 heavy (non-hydrogen) atoms. The molecule has 3 rings (SSSR count). The zero-order valence-electron chi connectivity index (χ0n) is 9.14. The van der Waals surface area contributed by atoms with Gasteiger partial charge in [0.15, 0.2) is 5.76 Å². The molecule has 1 aliphatic heterocycles. The van der Waals surface area contributed by atoms with Crippen LogP contribution in [0.25, 0.3) is 11.3 Å². The first kappa shape index (κ1) is 10.7. The molecular formula is C12H11ClN3O. The summed E-state index contributed by atoms with van der Waals surface area (Å²) in [5.74, 6) is 0.817. The van der Waals surface area contributed by atoms with Crippen LogP contribution in [0.5, 0.6) is 0 Å². The Morgan fingerprint density at radius 2 is 2.35 bits per heavy atom. The maximum Gasteiger partial charge on any atom is 0.155 e.